The number of ether oxygens (including phenoxy) is 2. The molecule has 0 heterocycles. The summed E-state index contributed by atoms with van der Waals surface area (Å²) in [5.74, 6) is -0.430. The third kappa shape index (κ3) is 76.0. The number of rotatable bonds is 87. The molecule has 0 aliphatic carbocycles. The number of nitrogens with one attached hydrogen (secondary N) is 4. The number of ketones is 1. The third-order valence-corrected chi connectivity index (χ3v) is 22.6. The van der Waals surface area contributed by atoms with Crippen LogP contribution in [0.1, 0.15) is 433 Å². The highest BCUT2D eigenvalue weighted by Crippen LogP contribution is 2.44. The fourth-order valence-corrected chi connectivity index (χ4v) is 15.4. The normalized spacial score (nSPS) is 14.1. The van der Waals surface area contributed by atoms with E-state index in [0.717, 1.165) is 64.2 Å². The van der Waals surface area contributed by atoms with Crippen LogP contribution in [-0.2, 0) is 55.9 Å². The Morgan fingerprint density at radius 2 is 0.590 bits per heavy atom. The van der Waals surface area contributed by atoms with Gasteiger partial charge in [-0.05, 0) is 37.5 Å². The van der Waals surface area contributed by atoms with Crippen LogP contribution >= 0.6 is 15.6 Å². The Hall–Kier alpha value is -1.82. The topological polar surface area (TPSA) is 246 Å². The zero-order chi connectivity index (χ0) is 76.9. The van der Waals surface area contributed by atoms with Gasteiger partial charge in [0.2, 0.25) is 17.7 Å². The van der Waals surface area contributed by atoms with Crippen molar-refractivity contribution in [3.05, 3.63) is 0 Å². The van der Waals surface area contributed by atoms with Gasteiger partial charge >= 0.3 is 15.6 Å². The molecular formula is C85H170N4O14P2. The minimum absolute atomic E-state index is 0.107. The van der Waals surface area contributed by atoms with Gasteiger partial charge in [-0.15, -0.1) is 0 Å². The Morgan fingerprint density at radius 3 is 0.895 bits per heavy atom. The molecule has 0 rings (SSSR count). The summed E-state index contributed by atoms with van der Waals surface area (Å²) < 4.78 is 59.9. The summed E-state index contributed by atoms with van der Waals surface area (Å²) in [6.07, 6.45) is 71.1. The van der Waals surface area contributed by atoms with E-state index in [9.17, 15) is 38.1 Å². The number of carbonyl (C=O) groups excluding carboxylic acids is 4. The second kappa shape index (κ2) is 78.8. The number of hydrogen-bond donors (Lipinski definition) is 6. The minimum atomic E-state index is -4.67. The highest BCUT2D eigenvalue weighted by Gasteiger charge is 2.27. The highest BCUT2D eigenvalue weighted by molar-refractivity contribution is 7.47. The molecule has 3 amide bonds. The standard InChI is InChI=1S/C85H170N4O14P2/c1-7-13-19-25-29-33-37-41-45-51-57-63-83(91)88-80(73-98-68-65-78(59-53-47-23-17-11-5)61-55-49-43-39-35-31-27-21-15-9-3)75-101-104(94,95)100-70-67-87-85(93)71-82(90)72-86-77-103-105(96,97)102-76-81(89-84(92)64-58-52-46-42-38-34-30-26-20-14-8-2)74-99-69-66-79(60-54-48-24-18-12-6)62-56-50-44-40-36-32-28-22-16-10-4/h78-81,86H,7-77H2,1-6H3,(H,87,93)(H,88,91)(H,89,92)(H,94,95)(H,96,97)/t78?,79?,80-,81-/m1/s1. The van der Waals surface area contributed by atoms with Gasteiger partial charge in [0.25, 0.3) is 0 Å². The predicted molar refractivity (Wildman–Crippen MR) is 438 cm³/mol. The third-order valence-electron chi connectivity index (χ3n) is 20.7. The first kappa shape index (κ1) is 103. The summed E-state index contributed by atoms with van der Waals surface area (Å²) in [4.78, 5) is 73.5. The van der Waals surface area contributed by atoms with Gasteiger partial charge in [-0.2, -0.15) is 0 Å². The van der Waals surface area contributed by atoms with Crippen LogP contribution in [0.3, 0.4) is 0 Å². The monoisotopic (exact) mass is 1530 g/mol. The van der Waals surface area contributed by atoms with E-state index in [2.05, 4.69) is 62.8 Å². The Morgan fingerprint density at radius 1 is 0.314 bits per heavy atom. The van der Waals surface area contributed by atoms with E-state index in [-0.39, 0.29) is 51.3 Å². The van der Waals surface area contributed by atoms with Gasteiger partial charge in [-0.25, -0.2) is 9.13 Å². The first-order valence-electron chi connectivity index (χ1n) is 44.6. The molecule has 18 nitrogen and oxygen atoms in total. The Bertz CT molecular complexity index is 1880. The van der Waals surface area contributed by atoms with Gasteiger partial charge in [0, 0.05) is 32.6 Å². The molecule has 0 fully saturated rings. The van der Waals surface area contributed by atoms with Gasteiger partial charge < -0.3 is 35.2 Å². The van der Waals surface area contributed by atoms with Crippen molar-refractivity contribution in [3.8, 4) is 0 Å². The maximum absolute atomic E-state index is 13.3. The second-order valence-electron chi connectivity index (χ2n) is 31.0. The summed E-state index contributed by atoms with van der Waals surface area (Å²) in [7, 11) is -9.32. The summed E-state index contributed by atoms with van der Waals surface area (Å²) in [6, 6.07) is -1.39. The second-order valence-corrected chi connectivity index (χ2v) is 33.9. The van der Waals surface area contributed by atoms with Crippen molar-refractivity contribution >= 4 is 39.2 Å². The van der Waals surface area contributed by atoms with Crippen molar-refractivity contribution in [1.82, 2.24) is 21.3 Å². The van der Waals surface area contributed by atoms with Crippen LogP contribution in [0.4, 0.5) is 0 Å². The largest absolute Gasteiger partial charge is 0.473 e. The molecule has 0 spiro atoms. The average molecular weight is 1530 g/mol. The smallest absolute Gasteiger partial charge is 0.379 e. The van der Waals surface area contributed by atoms with Gasteiger partial charge in [0.05, 0.1) is 58.1 Å². The summed E-state index contributed by atoms with van der Waals surface area (Å²) in [5.41, 5.74) is 0. The van der Waals surface area contributed by atoms with E-state index in [4.69, 9.17) is 27.6 Å². The van der Waals surface area contributed by atoms with Crippen LogP contribution in [0.5, 0.6) is 0 Å². The van der Waals surface area contributed by atoms with E-state index in [1.165, 1.54) is 308 Å². The summed E-state index contributed by atoms with van der Waals surface area (Å²) in [6.45, 7) is 12.6. The average Bonchev–Trinajstić information content (AvgIpc) is 1.14. The van der Waals surface area contributed by atoms with Gasteiger partial charge in [-0.3, -0.25) is 42.6 Å². The van der Waals surface area contributed by atoms with Crippen molar-refractivity contribution in [3.63, 3.8) is 0 Å². The first-order chi connectivity index (χ1) is 51.1. The lowest BCUT2D eigenvalue weighted by atomic mass is 9.91. The molecular weight excluding hydrogens is 1360 g/mol. The lowest BCUT2D eigenvalue weighted by Crippen LogP contribution is -2.41. The Labute approximate surface area is 646 Å². The van der Waals surface area contributed by atoms with Crippen LogP contribution in [0.2, 0.25) is 0 Å². The number of carbonyl (C=O) groups is 4. The fourth-order valence-electron chi connectivity index (χ4n) is 13.9. The van der Waals surface area contributed by atoms with Crippen LogP contribution in [0.15, 0.2) is 0 Å². The molecule has 0 radical (unpaired) electrons. The SMILES string of the molecule is CCCCCCCCCCCCCC(=O)N[C@H](COCCC(CCCCCCC)CCCCCCCCCCCC)COP(=O)(O)OCCNC(=O)CC(=O)CNCOP(=O)(O)OC[C@@H](COCCC(CCCCCCC)CCCCCCCCCCCC)NC(=O)CCCCCCCCCCCCC. The number of Topliss-reactive ketones (excluding diaryl/α,β-unsaturated/α-hetero) is 1. The Kier molecular flexibility index (Phi) is 77.5. The molecule has 0 aliphatic rings. The lowest BCUT2D eigenvalue weighted by molar-refractivity contribution is -0.128. The molecule has 0 aromatic rings. The highest BCUT2D eigenvalue weighted by atomic mass is 31.2. The van der Waals surface area contributed by atoms with E-state index in [1.807, 2.05) is 0 Å². The molecule has 0 bridgehead atoms. The molecule has 20 heteroatoms. The zero-order valence-electron chi connectivity index (χ0n) is 69.2. The van der Waals surface area contributed by atoms with Crippen LogP contribution in [0, 0.1) is 11.8 Å². The first-order valence-corrected chi connectivity index (χ1v) is 47.6. The lowest BCUT2D eigenvalue weighted by Gasteiger charge is -2.22. The van der Waals surface area contributed by atoms with Crippen LogP contribution in [-0.4, -0.2) is 111 Å². The van der Waals surface area contributed by atoms with E-state index < -0.39 is 59.2 Å². The van der Waals surface area contributed by atoms with Gasteiger partial charge in [0.1, 0.15) is 6.73 Å². The van der Waals surface area contributed by atoms with Crippen molar-refractivity contribution < 1.29 is 65.7 Å². The molecule has 0 saturated heterocycles. The molecule has 6 N–H and O–H groups in total. The van der Waals surface area contributed by atoms with Gasteiger partial charge in [-0.1, -0.05) is 388 Å². The molecule has 4 unspecified atom stereocenters. The molecule has 6 atom stereocenters. The molecule has 0 aliphatic heterocycles. The molecule has 105 heavy (non-hydrogen) atoms. The number of phosphoric ester groups is 2. The number of phosphoric acid groups is 2. The van der Waals surface area contributed by atoms with Gasteiger partial charge in [0.15, 0.2) is 5.78 Å². The molecule has 0 aromatic heterocycles. The summed E-state index contributed by atoms with van der Waals surface area (Å²) >= 11 is 0. The van der Waals surface area contributed by atoms with E-state index in [1.54, 1.807) is 0 Å². The maximum atomic E-state index is 13.3. The predicted octanol–water partition coefficient (Wildman–Crippen LogP) is 23.6. The van der Waals surface area contributed by atoms with Crippen molar-refractivity contribution in [2.24, 2.45) is 11.8 Å². The maximum Gasteiger partial charge on any atom is 0.473 e. The quantitative estimate of drug-likeness (QED) is 0.0143. The van der Waals surface area contributed by atoms with Crippen LogP contribution in [0.25, 0.3) is 0 Å². The van der Waals surface area contributed by atoms with Crippen LogP contribution < -0.4 is 21.3 Å². The molecule has 624 valence electrons. The zero-order valence-corrected chi connectivity index (χ0v) is 71.0. The van der Waals surface area contributed by atoms with E-state index in [0.29, 0.717) is 37.9 Å². The fraction of sp³-hybridized carbons (Fsp3) is 0.953. The number of hydrogen-bond acceptors (Lipinski definition) is 13. The number of amides is 3. The molecule has 0 saturated carbocycles. The molecule has 0 aromatic carbocycles. The number of unbranched alkanes of at least 4 members (excludes halogenated alkanes) is 46. The van der Waals surface area contributed by atoms with E-state index >= 15 is 0 Å². The summed E-state index contributed by atoms with van der Waals surface area (Å²) in [5, 5.41) is 11.1. The van der Waals surface area contributed by atoms with Crippen molar-refractivity contribution in [2.75, 3.05) is 66.1 Å². The minimum Gasteiger partial charge on any atom is -0.379 e. The van der Waals surface area contributed by atoms with Crippen molar-refractivity contribution in [1.29, 1.82) is 0 Å². The van der Waals surface area contributed by atoms with Crippen molar-refractivity contribution in [2.45, 2.75) is 445 Å². The Balaban J connectivity index is 5.41.